The highest BCUT2D eigenvalue weighted by atomic mass is 35.5. The van der Waals surface area contributed by atoms with Crippen LogP contribution in [0.2, 0.25) is 0 Å². The Morgan fingerprint density at radius 2 is 2.08 bits per heavy atom. The molecule has 0 spiro atoms. The molecule has 2 aromatic rings. The maximum Gasteiger partial charge on any atom is 0.227 e. The van der Waals surface area contributed by atoms with Crippen molar-refractivity contribution in [1.29, 1.82) is 0 Å². The molecule has 1 aliphatic heterocycles. The van der Waals surface area contributed by atoms with Crippen LogP contribution in [0.5, 0.6) is 0 Å². The van der Waals surface area contributed by atoms with E-state index in [1.165, 1.54) is 10.9 Å². The highest BCUT2D eigenvalue weighted by Crippen LogP contribution is 2.23. The zero-order valence-electron chi connectivity index (χ0n) is 15.7. The van der Waals surface area contributed by atoms with Crippen molar-refractivity contribution in [3.63, 3.8) is 0 Å². The summed E-state index contributed by atoms with van der Waals surface area (Å²) in [6.45, 7) is 5.00. The lowest BCUT2D eigenvalue weighted by Gasteiger charge is -2.27. The number of hydrogen-bond acceptors (Lipinski definition) is 3. The maximum atomic E-state index is 12.5. The number of rotatable bonds is 5. The molecular formula is C19H30Cl2N4O. The van der Waals surface area contributed by atoms with Crippen LogP contribution in [0.3, 0.4) is 0 Å². The molecule has 2 N–H and O–H groups in total. The number of likely N-dealkylation sites (N-methyl/N-ethyl adjacent to an activating group) is 1. The van der Waals surface area contributed by atoms with Gasteiger partial charge in [-0.25, -0.2) is 0 Å². The monoisotopic (exact) mass is 400 g/mol. The minimum Gasteiger partial charge on any atom is -0.346 e. The minimum absolute atomic E-state index is 0. The lowest BCUT2D eigenvalue weighted by molar-refractivity contribution is -0.120. The number of aromatic nitrogens is 1. The number of halogens is 2. The van der Waals surface area contributed by atoms with E-state index < -0.39 is 0 Å². The summed E-state index contributed by atoms with van der Waals surface area (Å²) in [5.41, 5.74) is 2.07. The first-order chi connectivity index (χ1) is 11.5. The summed E-state index contributed by atoms with van der Waals surface area (Å²) in [6.07, 6.45) is 3.94. The van der Waals surface area contributed by atoms with E-state index in [-0.39, 0.29) is 36.6 Å². The van der Waals surface area contributed by atoms with Crippen LogP contribution in [0.1, 0.15) is 19.8 Å². The Morgan fingerprint density at radius 1 is 1.31 bits per heavy atom. The number of hydrogen-bond donors (Lipinski definition) is 2. The van der Waals surface area contributed by atoms with E-state index in [1.807, 2.05) is 6.07 Å². The van der Waals surface area contributed by atoms with Gasteiger partial charge in [-0.15, -0.1) is 24.8 Å². The predicted molar refractivity (Wildman–Crippen MR) is 114 cm³/mol. The molecule has 2 heterocycles. The number of carbonyl (C=O) groups excluding carboxylic acids is 1. The molecule has 0 radical (unpaired) electrons. The summed E-state index contributed by atoms with van der Waals surface area (Å²) >= 11 is 0. The Hall–Kier alpha value is -1.27. The number of amides is 1. The summed E-state index contributed by atoms with van der Waals surface area (Å²) in [6, 6.07) is 8.72. The van der Waals surface area contributed by atoms with Crippen molar-refractivity contribution in [2.24, 2.45) is 5.92 Å². The van der Waals surface area contributed by atoms with Crippen molar-refractivity contribution in [2.45, 2.75) is 32.4 Å². The second kappa shape index (κ2) is 10.2. The molecule has 1 aromatic heterocycles. The summed E-state index contributed by atoms with van der Waals surface area (Å²) in [5.74, 6) is 0.256. The van der Waals surface area contributed by atoms with Gasteiger partial charge in [-0.1, -0.05) is 6.07 Å². The Morgan fingerprint density at radius 3 is 2.77 bits per heavy atom. The van der Waals surface area contributed by atoms with Gasteiger partial charge in [0.25, 0.3) is 0 Å². The van der Waals surface area contributed by atoms with Crippen molar-refractivity contribution < 1.29 is 4.79 Å². The molecule has 1 saturated heterocycles. The van der Waals surface area contributed by atoms with Crippen molar-refractivity contribution in [3.05, 3.63) is 30.5 Å². The number of carbonyl (C=O) groups is 1. The first-order valence-electron chi connectivity index (χ1n) is 8.81. The van der Waals surface area contributed by atoms with Crippen LogP contribution < -0.4 is 10.6 Å². The fourth-order valence-electron chi connectivity index (χ4n) is 3.38. The minimum atomic E-state index is 0. The van der Waals surface area contributed by atoms with Crippen LogP contribution in [0.25, 0.3) is 10.9 Å². The van der Waals surface area contributed by atoms with Crippen molar-refractivity contribution in [2.75, 3.05) is 32.5 Å². The number of anilines is 1. The average Bonchev–Trinajstić information content (AvgIpc) is 2.95. The normalized spacial score (nSPS) is 19.7. The maximum absolute atomic E-state index is 12.5. The van der Waals surface area contributed by atoms with E-state index in [0.717, 1.165) is 38.2 Å². The van der Waals surface area contributed by atoms with Gasteiger partial charge in [0.05, 0.1) is 5.52 Å². The number of nitrogens with one attached hydrogen (secondary N) is 2. The van der Waals surface area contributed by atoms with Crippen LogP contribution in [0.4, 0.5) is 5.69 Å². The van der Waals surface area contributed by atoms with E-state index in [9.17, 15) is 4.79 Å². The molecule has 3 rings (SSSR count). The molecule has 0 aliphatic carbocycles. The summed E-state index contributed by atoms with van der Waals surface area (Å²) in [4.78, 5) is 14.7. The van der Waals surface area contributed by atoms with E-state index in [0.29, 0.717) is 6.04 Å². The van der Waals surface area contributed by atoms with E-state index in [1.54, 1.807) is 0 Å². The van der Waals surface area contributed by atoms with E-state index in [4.69, 9.17) is 0 Å². The van der Waals surface area contributed by atoms with Gasteiger partial charge in [0.1, 0.15) is 0 Å². The van der Waals surface area contributed by atoms with Gasteiger partial charge in [0, 0.05) is 36.9 Å². The molecule has 1 aliphatic rings. The van der Waals surface area contributed by atoms with Crippen molar-refractivity contribution in [3.8, 4) is 0 Å². The van der Waals surface area contributed by atoms with E-state index >= 15 is 0 Å². The van der Waals surface area contributed by atoms with E-state index in [2.05, 4.69) is 65.5 Å². The van der Waals surface area contributed by atoms with Gasteiger partial charge in [-0.2, -0.15) is 0 Å². The van der Waals surface area contributed by atoms with Crippen molar-refractivity contribution >= 4 is 47.3 Å². The molecule has 2 atom stereocenters. The number of fused-ring (bicyclic) bond motifs is 1. The van der Waals surface area contributed by atoms with Crippen molar-refractivity contribution in [1.82, 2.24) is 14.8 Å². The Bertz CT molecular complexity index is 717. The van der Waals surface area contributed by atoms with Crippen LogP contribution >= 0.6 is 24.8 Å². The molecule has 0 saturated carbocycles. The zero-order valence-corrected chi connectivity index (χ0v) is 17.3. The average molecular weight is 401 g/mol. The summed E-state index contributed by atoms with van der Waals surface area (Å²) < 4.78 is 2.25. The highest BCUT2D eigenvalue weighted by Gasteiger charge is 2.24. The smallest absolute Gasteiger partial charge is 0.227 e. The number of piperidine rings is 1. The SMILES string of the molecule is C[C@H]1C[C@@H](C(=O)Nc2ccc3ccn(CCN(C)C)c3c2)CCN1.Cl.Cl. The largest absolute Gasteiger partial charge is 0.346 e. The third-order valence-corrected chi connectivity index (χ3v) is 4.82. The standard InChI is InChI=1S/C19H28N4O.2ClH/c1-14-12-16(6-8-20-14)19(24)21-17-5-4-15-7-9-23(18(15)13-17)11-10-22(2)3;;/h4-5,7,9,13-14,16,20H,6,8,10-12H2,1-3H3,(H,21,24);2*1H/t14-,16-;;/m0../s1. The predicted octanol–water partition coefficient (Wildman–Crippen LogP) is 3.37. The Balaban J connectivity index is 0.00000169. The third kappa shape index (κ3) is 5.61. The second-order valence-corrected chi connectivity index (χ2v) is 7.15. The first-order valence-corrected chi connectivity index (χ1v) is 8.81. The summed E-state index contributed by atoms with van der Waals surface area (Å²) in [7, 11) is 4.16. The fourth-order valence-corrected chi connectivity index (χ4v) is 3.38. The molecule has 7 heteroatoms. The molecule has 26 heavy (non-hydrogen) atoms. The van der Waals surface area contributed by atoms with Gasteiger partial charge in [-0.3, -0.25) is 4.79 Å². The number of benzene rings is 1. The Labute approximate surface area is 168 Å². The zero-order chi connectivity index (χ0) is 17.1. The highest BCUT2D eigenvalue weighted by molar-refractivity contribution is 5.95. The Kier molecular flexibility index (Phi) is 8.90. The lowest BCUT2D eigenvalue weighted by atomic mass is 9.92. The van der Waals surface area contributed by atoms with Gasteiger partial charge >= 0.3 is 0 Å². The molecule has 0 unspecified atom stereocenters. The van der Waals surface area contributed by atoms with Gasteiger partial charge in [-0.05, 0) is 64.0 Å². The summed E-state index contributed by atoms with van der Waals surface area (Å²) in [5, 5.41) is 7.72. The quantitative estimate of drug-likeness (QED) is 0.808. The van der Waals surface area contributed by atoms with Crippen LogP contribution in [0, 0.1) is 5.92 Å². The molecule has 1 aromatic carbocycles. The fraction of sp³-hybridized carbons (Fsp3) is 0.526. The molecule has 146 valence electrons. The van der Waals surface area contributed by atoms with Gasteiger partial charge in [0.2, 0.25) is 5.91 Å². The molecule has 1 fully saturated rings. The topological polar surface area (TPSA) is 49.3 Å². The second-order valence-electron chi connectivity index (χ2n) is 7.15. The van der Waals surface area contributed by atoms with Crippen LogP contribution in [0.15, 0.2) is 30.5 Å². The molecule has 5 nitrogen and oxygen atoms in total. The van der Waals surface area contributed by atoms with Crippen LogP contribution in [-0.4, -0.2) is 48.6 Å². The molecular weight excluding hydrogens is 371 g/mol. The first kappa shape index (κ1) is 22.8. The van der Waals surface area contributed by atoms with Gasteiger partial charge < -0.3 is 20.1 Å². The third-order valence-electron chi connectivity index (χ3n) is 4.82. The molecule has 0 bridgehead atoms. The molecule has 1 amide bonds. The van der Waals surface area contributed by atoms with Crippen LogP contribution in [-0.2, 0) is 11.3 Å². The lowest BCUT2D eigenvalue weighted by Crippen LogP contribution is -2.40. The number of nitrogens with zero attached hydrogens (tertiary/aromatic N) is 2. The van der Waals surface area contributed by atoms with Gasteiger partial charge in [0.15, 0.2) is 0 Å².